The molecule has 2 rings (SSSR count). The minimum absolute atomic E-state index is 0.121. The van der Waals surface area contributed by atoms with Gasteiger partial charge >= 0.3 is 6.18 Å². The number of carbonyl (C=O) groups is 1. The number of anilines is 1. The Kier molecular flexibility index (Phi) is 4.68. The fraction of sp³-hybridized carbons (Fsp3) is 0.417. The summed E-state index contributed by atoms with van der Waals surface area (Å²) in [7, 11) is 0. The smallest absolute Gasteiger partial charge is 0.348 e. The lowest BCUT2D eigenvalue weighted by Gasteiger charge is -2.43. The molecule has 1 aliphatic heterocycles. The first-order valence-electron chi connectivity index (χ1n) is 5.80. The fourth-order valence-corrected chi connectivity index (χ4v) is 3.52. The molecule has 1 aromatic rings. The van der Waals surface area contributed by atoms with Crippen molar-refractivity contribution in [1.29, 1.82) is 0 Å². The predicted molar refractivity (Wildman–Crippen MR) is 76.7 cm³/mol. The van der Waals surface area contributed by atoms with Gasteiger partial charge in [-0.25, -0.2) is 0 Å². The minimum Gasteiger partial charge on any atom is -0.348 e. The average Bonchev–Trinajstić information content (AvgIpc) is 2.42. The Morgan fingerprint density at radius 1 is 1.29 bits per heavy atom. The van der Waals surface area contributed by atoms with Crippen molar-refractivity contribution in [1.82, 2.24) is 0 Å². The number of rotatable bonds is 2. The van der Waals surface area contributed by atoms with Crippen LogP contribution in [0.1, 0.15) is 0 Å². The first kappa shape index (κ1) is 16.7. The summed E-state index contributed by atoms with van der Waals surface area (Å²) in [5.41, 5.74) is 0.315. The molecule has 0 spiro atoms. The Hall–Kier alpha value is -0.630. The third kappa shape index (κ3) is 2.97. The lowest BCUT2D eigenvalue weighted by Crippen LogP contribution is -2.63. The van der Waals surface area contributed by atoms with E-state index in [0.717, 1.165) is 0 Å². The summed E-state index contributed by atoms with van der Waals surface area (Å²) in [6.07, 6.45) is -5.00. The quantitative estimate of drug-likeness (QED) is 0.815. The van der Waals surface area contributed by atoms with E-state index in [1.165, 1.54) is 12.1 Å². The molecule has 9 heteroatoms. The summed E-state index contributed by atoms with van der Waals surface area (Å²) >= 11 is 12.1. The SMILES string of the molecule is O=C(Nc1ccccc1)[C@]1(Cl)SCCO[C@]1(Cl)C(F)(F)F. The molecule has 3 nitrogen and oxygen atoms in total. The van der Waals surface area contributed by atoms with Gasteiger partial charge in [-0.15, -0.1) is 11.8 Å². The number of nitrogens with one attached hydrogen (secondary N) is 1. The van der Waals surface area contributed by atoms with Crippen LogP contribution in [0.3, 0.4) is 0 Å². The molecular formula is C12H10Cl2F3NO2S. The molecule has 2 atom stereocenters. The van der Waals surface area contributed by atoms with E-state index in [1.807, 2.05) is 0 Å². The van der Waals surface area contributed by atoms with Gasteiger partial charge in [0.15, 0.2) is 0 Å². The molecule has 1 amide bonds. The van der Waals surface area contributed by atoms with E-state index in [4.69, 9.17) is 23.2 Å². The highest BCUT2D eigenvalue weighted by Crippen LogP contribution is 2.56. The zero-order valence-corrected chi connectivity index (χ0v) is 12.7. The van der Waals surface area contributed by atoms with Crippen LogP contribution in [0.25, 0.3) is 0 Å². The summed E-state index contributed by atoms with van der Waals surface area (Å²) in [5, 5.41) is -0.965. The molecule has 21 heavy (non-hydrogen) atoms. The van der Waals surface area contributed by atoms with Crippen molar-refractivity contribution in [2.45, 2.75) is 15.4 Å². The van der Waals surface area contributed by atoms with Crippen LogP contribution in [0.2, 0.25) is 0 Å². The number of benzene rings is 1. The summed E-state index contributed by atoms with van der Waals surface area (Å²) < 4.78 is 41.7. The molecule has 0 unspecified atom stereocenters. The minimum atomic E-state index is -5.00. The second-order valence-corrected chi connectivity index (χ2v) is 6.84. The molecule has 1 N–H and O–H groups in total. The maximum atomic E-state index is 13.2. The molecule has 0 radical (unpaired) electrons. The maximum absolute atomic E-state index is 13.2. The Balaban J connectivity index is 2.31. The predicted octanol–water partition coefficient (Wildman–Crippen LogP) is 3.82. The summed E-state index contributed by atoms with van der Waals surface area (Å²) in [6.45, 7) is -0.249. The van der Waals surface area contributed by atoms with E-state index < -0.39 is 21.3 Å². The molecule has 1 aromatic carbocycles. The number of ether oxygens (including phenoxy) is 1. The van der Waals surface area contributed by atoms with Crippen molar-refractivity contribution in [3.05, 3.63) is 30.3 Å². The van der Waals surface area contributed by atoms with E-state index in [2.05, 4.69) is 10.1 Å². The van der Waals surface area contributed by atoms with Crippen molar-refractivity contribution in [3.8, 4) is 0 Å². The Morgan fingerprint density at radius 2 is 1.90 bits per heavy atom. The third-order valence-corrected chi connectivity index (χ3v) is 5.61. The highest BCUT2D eigenvalue weighted by Gasteiger charge is 2.72. The third-order valence-electron chi connectivity index (χ3n) is 2.79. The number of carbonyl (C=O) groups excluding carboxylic acids is 1. The van der Waals surface area contributed by atoms with Gasteiger partial charge < -0.3 is 10.1 Å². The Labute approximate surface area is 133 Å². The largest absolute Gasteiger partial charge is 0.435 e. The molecule has 1 saturated heterocycles. The zero-order valence-electron chi connectivity index (χ0n) is 10.4. The zero-order chi connectivity index (χ0) is 15.7. The molecule has 1 heterocycles. The van der Waals surface area contributed by atoms with Crippen LogP contribution in [0.15, 0.2) is 30.3 Å². The molecule has 116 valence electrons. The molecule has 1 fully saturated rings. The number of para-hydroxylation sites is 1. The second kappa shape index (κ2) is 5.87. The van der Waals surface area contributed by atoms with Crippen molar-refractivity contribution in [2.24, 2.45) is 0 Å². The van der Waals surface area contributed by atoms with Gasteiger partial charge in [-0.1, -0.05) is 41.4 Å². The fourth-order valence-electron chi connectivity index (χ4n) is 1.76. The van der Waals surface area contributed by atoms with Crippen LogP contribution >= 0.6 is 35.0 Å². The van der Waals surface area contributed by atoms with Gasteiger partial charge in [-0.2, -0.15) is 13.2 Å². The number of amides is 1. The number of hydrogen-bond donors (Lipinski definition) is 1. The second-order valence-electron chi connectivity index (χ2n) is 4.21. The highest BCUT2D eigenvalue weighted by atomic mass is 35.5. The topological polar surface area (TPSA) is 38.3 Å². The number of alkyl halides is 5. The standard InChI is InChI=1S/C12H10Cl2F3NO2S/c13-10(9(19)18-8-4-2-1-3-5-8)11(14,12(15,16)17)20-6-7-21-10/h1-5H,6-7H2,(H,18,19)/t10-,11-/m0/s1. The van der Waals surface area contributed by atoms with Crippen LogP contribution in [0.5, 0.6) is 0 Å². The highest BCUT2D eigenvalue weighted by molar-refractivity contribution is 8.03. The van der Waals surface area contributed by atoms with Crippen LogP contribution in [-0.4, -0.2) is 33.7 Å². The van der Waals surface area contributed by atoms with Gasteiger partial charge in [0.2, 0.25) is 4.21 Å². The van der Waals surface area contributed by atoms with Crippen LogP contribution in [0, 0.1) is 0 Å². The van der Waals surface area contributed by atoms with E-state index in [9.17, 15) is 18.0 Å². The molecule has 0 saturated carbocycles. The van der Waals surface area contributed by atoms with Gasteiger partial charge in [0.05, 0.1) is 6.61 Å². The summed E-state index contributed by atoms with van der Waals surface area (Å²) in [4.78, 5) is 12.2. The van der Waals surface area contributed by atoms with Gasteiger partial charge in [0.25, 0.3) is 11.0 Å². The average molecular weight is 360 g/mol. The Bertz CT molecular complexity index is 531. The van der Waals surface area contributed by atoms with Gasteiger partial charge in [0, 0.05) is 11.4 Å². The molecular weight excluding hydrogens is 350 g/mol. The van der Waals surface area contributed by atoms with Crippen molar-refractivity contribution in [3.63, 3.8) is 0 Å². The van der Waals surface area contributed by atoms with Gasteiger partial charge in [-0.3, -0.25) is 4.79 Å². The molecule has 0 aliphatic carbocycles. The van der Waals surface area contributed by atoms with Crippen LogP contribution in [0.4, 0.5) is 18.9 Å². The molecule has 0 bridgehead atoms. The van der Waals surface area contributed by atoms with Gasteiger partial charge in [-0.05, 0) is 12.1 Å². The van der Waals surface area contributed by atoms with Crippen LogP contribution in [-0.2, 0) is 9.53 Å². The summed E-state index contributed by atoms with van der Waals surface area (Å²) in [6, 6.07) is 8.00. The first-order valence-corrected chi connectivity index (χ1v) is 7.54. The van der Waals surface area contributed by atoms with Crippen molar-refractivity contribution >= 4 is 46.6 Å². The lowest BCUT2D eigenvalue weighted by atomic mass is 10.2. The first-order chi connectivity index (χ1) is 9.71. The van der Waals surface area contributed by atoms with E-state index >= 15 is 0 Å². The van der Waals surface area contributed by atoms with E-state index in [0.29, 0.717) is 17.4 Å². The van der Waals surface area contributed by atoms with Crippen molar-refractivity contribution in [2.75, 3.05) is 17.7 Å². The Morgan fingerprint density at radius 3 is 2.48 bits per heavy atom. The van der Waals surface area contributed by atoms with Crippen molar-refractivity contribution < 1.29 is 22.7 Å². The van der Waals surface area contributed by atoms with E-state index in [1.54, 1.807) is 18.2 Å². The number of halogens is 5. The lowest BCUT2D eigenvalue weighted by molar-refractivity contribution is -0.244. The number of hydrogen-bond acceptors (Lipinski definition) is 3. The molecule has 0 aromatic heterocycles. The maximum Gasteiger partial charge on any atom is 0.435 e. The molecule has 1 aliphatic rings. The monoisotopic (exact) mass is 359 g/mol. The van der Waals surface area contributed by atoms with Crippen LogP contribution < -0.4 is 5.32 Å². The summed E-state index contributed by atoms with van der Waals surface area (Å²) in [5.74, 6) is -0.955. The van der Waals surface area contributed by atoms with Gasteiger partial charge in [0.1, 0.15) is 0 Å². The normalized spacial score (nSPS) is 30.0. The van der Waals surface area contributed by atoms with E-state index in [-0.39, 0.29) is 12.4 Å². The number of thioether (sulfide) groups is 1.